The van der Waals surface area contributed by atoms with Crippen LogP contribution in [0.1, 0.15) is 39.0 Å². The fourth-order valence-corrected chi connectivity index (χ4v) is 3.15. The van der Waals surface area contributed by atoms with E-state index in [1.54, 1.807) is 30.3 Å². The second kappa shape index (κ2) is 7.43. The molecular weight excluding hydrogens is 284 g/mol. The molecule has 0 heterocycles. The maximum absolute atomic E-state index is 12.1. The number of unbranched alkanes of at least 4 members (excludes halogenated alkanes) is 2. The fourth-order valence-electron chi connectivity index (χ4n) is 2.27. The normalized spacial score (nSPS) is 14.7. The van der Waals surface area contributed by atoms with Gasteiger partial charge < -0.3 is 5.43 Å². The van der Waals surface area contributed by atoms with Crippen LogP contribution in [0.2, 0.25) is 0 Å². The van der Waals surface area contributed by atoms with E-state index in [4.69, 9.17) is 0 Å². The van der Waals surface area contributed by atoms with E-state index in [2.05, 4.69) is 23.3 Å². The largest absolute Gasteiger partial charge is 0.308 e. The van der Waals surface area contributed by atoms with E-state index < -0.39 is 10.0 Å². The smallest absolute Gasteiger partial charge is 0.257 e. The second-order valence-electron chi connectivity index (χ2n) is 5.08. The molecule has 0 bridgehead atoms. The number of hydrogen-bond donors (Lipinski definition) is 2. The van der Waals surface area contributed by atoms with Gasteiger partial charge in [0.2, 0.25) is 0 Å². The van der Waals surface area contributed by atoms with Gasteiger partial charge in [-0.25, -0.2) is 8.42 Å². The lowest BCUT2D eigenvalue weighted by Crippen LogP contribution is -2.36. The molecular formula is C16H22N2O2S. The third-order valence-electron chi connectivity index (χ3n) is 3.46. The van der Waals surface area contributed by atoms with Crippen molar-refractivity contribution in [3.8, 4) is 0 Å². The highest BCUT2D eigenvalue weighted by atomic mass is 32.2. The fraction of sp³-hybridized carbons (Fsp3) is 0.375. The number of benzene rings is 1. The van der Waals surface area contributed by atoms with Gasteiger partial charge in [-0.15, -0.1) is 4.83 Å². The number of hydrogen-bond acceptors (Lipinski definition) is 3. The standard InChI is InChI=1S/C16H22N2O2S/c1-2-3-5-9-14-10-8-13-16(14)17-18-21(19,20)15-11-6-4-7-12-15/h4,6-7,10-13,17-18H,2-3,5,8-9H2,1H3. The quantitative estimate of drug-likeness (QED) is 0.572. The van der Waals surface area contributed by atoms with Gasteiger partial charge in [-0.1, -0.05) is 50.1 Å². The minimum absolute atomic E-state index is 0.257. The van der Waals surface area contributed by atoms with Crippen molar-refractivity contribution in [3.63, 3.8) is 0 Å². The van der Waals surface area contributed by atoms with E-state index >= 15 is 0 Å². The topological polar surface area (TPSA) is 58.2 Å². The average molecular weight is 306 g/mol. The molecule has 1 aliphatic rings. The van der Waals surface area contributed by atoms with Crippen molar-refractivity contribution in [1.29, 1.82) is 0 Å². The number of sulfonamides is 1. The highest BCUT2D eigenvalue weighted by molar-refractivity contribution is 7.89. The van der Waals surface area contributed by atoms with Gasteiger partial charge in [0.15, 0.2) is 0 Å². The van der Waals surface area contributed by atoms with Gasteiger partial charge in [0.05, 0.1) is 4.90 Å². The first-order chi connectivity index (χ1) is 10.1. The van der Waals surface area contributed by atoms with E-state index in [1.165, 1.54) is 18.4 Å². The molecule has 0 aromatic heterocycles. The molecule has 1 aromatic carbocycles. The summed E-state index contributed by atoms with van der Waals surface area (Å²) < 4.78 is 24.3. The molecule has 0 saturated heterocycles. The molecule has 0 atom stereocenters. The lowest BCUT2D eigenvalue weighted by Gasteiger charge is -2.13. The zero-order chi connectivity index (χ0) is 15.1. The maximum atomic E-state index is 12.1. The second-order valence-corrected chi connectivity index (χ2v) is 6.77. The molecule has 0 fully saturated rings. The minimum atomic E-state index is -3.53. The summed E-state index contributed by atoms with van der Waals surface area (Å²) in [6, 6.07) is 8.36. The van der Waals surface area contributed by atoms with Gasteiger partial charge in [-0.3, -0.25) is 0 Å². The van der Waals surface area contributed by atoms with Crippen molar-refractivity contribution >= 4 is 10.0 Å². The third kappa shape index (κ3) is 4.44. The van der Waals surface area contributed by atoms with Crippen molar-refractivity contribution < 1.29 is 8.42 Å². The van der Waals surface area contributed by atoms with E-state index in [0.29, 0.717) is 0 Å². The van der Waals surface area contributed by atoms with Crippen molar-refractivity contribution in [2.24, 2.45) is 0 Å². The van der Waals surface area contributed by atoms with Crippen LogP contribution in [0, 0.1) is 0 Å². The molecule has 0 unspecified atom stereocenters. The Morgan fingerprint density at radius 1 is 1.10 bits per heavy atom. The number of nitrogens with one attached hydrogen (secondary N) is 2. The van der Waals surface area contributed by atoms with Gasteiger partial charge in [-0.2, -0.15) is 0 Å². The molecule has 5 heteroatoms. The Kier molecular flexibility index (Phi) is 5.59. The van der Waals surface area contributed by atoms with Gasteiger partial charge >= 0.3 is 0 Å². The molecule has 2 rings (SSSR count). The molecule has 0 radical (unpaired) electrons. The van der Waals surface area contributed by atoms with Gasteiger partial charge in [0.1, 0.15) is 0 Å². The summed E-state index contributed by atoms with van der Waals surface area (Å²) in [5, 5.41) is 0. The summed E-state index contributed by atoms with van der Waals surface area (Å²) in [5.41, 5.74) is 4.93. The minimum Gasteiger partial charge on any atom is -0.308 e. The summed E-state index contributed by atoms with van der Waals surface area (Å²) >= 11 is 0. The van der Waals surface area contributed by atoms with Crippen LogP contribution in [0.25, 0.3) is 0 Å². The SMILES string of the molecule is CCCCCC1=CCC=C1NNS(=O)(=O)c1ccccc1. The number of hydrazine groups is 1. The first-order valence-corrected chi connectivity index (χ1v) is 8.84. The van der Waals surface area contributed by atoms with Crippen LogP contribution >= 0.6 is 0 Å². The Bertz CT molecular complexity index is 619. The summed E-state index contributed by atoms with van der Waals surface area (Å²) in [4.78, 5) is 2.71. The maximum Gasteiger partial charge on any atom is 0.257 e. The van der Waals surface area contributed by atoms with Gasteiger partial charge in [-0.05, 0) is 37.0 Å². The Morgan fingerprint density at radius 3 is 2.57 bits per heavy atom. The van der Waals surface area contributed by atoms with Gasteiger partial charge in [0.25, 0.3) is 10.0 Å². The van der Waals surface area contributed by atoms with E-state index in [9.17, 15) is 8.42 Å². The van der Waals surface area contributed by atoms with Crippen molar-refractivity contribution in [2.75, 3.05) is 0 Å². The molecule has 4 nitrogen and oxygen atoms in total. The molecule has 1 aliphatic carbocycles. The molecule has 0 spiro atoms. The molecule has 0 amide bonds. The van der Waals surface area contributed by atoms with E-state index in [-0.39, 0.29) is 4.90 Å². The predicted molar refractivity (Wildman–Crippen MR) is 84.8 cm³/mol. The highest BCUT2D eigenvalue weighted by Crippen LogP contribution is 2.22. The first-order valence-electron chi connectivity index (χ1n) is 7.36. The molecule has 1 aromatic rings. The van der Waals surface area contributed by atoms with Crippen LogP contribution in [0.4, 0.5) is 0 Å². The van der Waals surface area contributed by atoms with Crippen LogP contribution in [0.3, 0.4) is 0 Å². The van der Waals surface area contributed by atoms with Crippen LogP contribution in [0.5, 0.6) is 0 Å². The summed E-state index contributed by atoms with van der Waals surface area (Å²) in [6.45, 7) is 2.17. The highest BCUT2D eigenvalue weighted by Gasteiger charge is 2.15. The van der Waals surface area contributed by atoms with Crippen LogP contribution in [-0.2, 0) is 10.0 Å². The number of allylic oxidation sites excluding steroid dienone is 3. The lowest BCUT2D eigenvalue weighted by molar-refractivity contribution is 0.570. The van der Waals surface area contributed by atoms with E-state index in [0.717, 1.165) is 25.0 Å². The third-order valence-corrected chi connectivity index (χ3v) is 4.72. The molecule has 0 saturated carbocycles. The van der Waals surface area contributed by atoms with Crippen molar-refractivity contribution in [2.45, 2.75) is 43.9 Å². The van der Waals surface area contributed by atoms with Crippen molar-refractivity contribution in [1.82, 2.24) is 10.3 Å². The Morgan fingerprint density at radius 2 is 1.86 bits per heavy atom. The Labute approximate surface area is 127 Å². The molecule has 21 heavy (non-hydrogen) atoms. The zero-order valence-corrected chi connectivity index (χ0v) is 13.1. The first kappa shape index (κ1) is 15.8. The van der Waals surface area contributed by atoms with E-state index in [1.807, 2.05) is 6.08 Å². The monoisotopic (exact) mass is 306 g/mol. The Balaban J connectivity index is 1.92. The molecule has 0 aliphatic heterocycles. The van der Waals surface area contributed by atoms with Crippen LogP contribution < -0.4 is 10.3 Å². The van der Waals surface area contributed by atoms with Crippen LogP contribution in [0.15, 0.2) is 58.6 Å². The van der Waals surface area contributed by atoms with Crippen LogP contribution in [-0.4, -0.2) is 8.42 Å². The summed E-state index contributed by atoms with van der Waals surface area (Å²) in [6.07, 6.45) is 9.51. The summed E-state index contributed by atoms with van der Waals surface area (Å²) in [5.74, 6) is 0. The molecule has 2 N–H and O–H groups in total. The predicted octanol–water partition coefficient (Wildman–Crippen LogP) is 3.26. The zero-order valence-electron chi connectivity index (χ0n) is 12.3. The number of rotatable bonds is 8. The average Bonchev–Trinajstić information content (AvgIpc) is 2.94. The van der Waals surface area contributed by atoms with Crippen molar-refractivity contribution in [3.05, 3.63) is 53.8 Å². The lowest BCUT2D eigenvalue weighted by atomic mass is 10.1. The van der Waals surface area contributed by atoms with Gasteiger partial charge in [0, 0.05) is 5.70 Å². The Hall–Kier alpha value is -1.59. The summed E-state index contributed by atoms with van der Waals surface area (Å²) in [7, 11) is -3.53. The molecule has 114 valence electrons.